The highest BCUT2D eigenvalue weighted by Gasteiger charge is 2.36. The lowest BCUT2D eigenvalue weighted by molar-refractivity contribution is -0.126. The van der Waals surface area contributed by atoms with E-state index in [9.17, 15) is 9.59 Å². The maximum absolute atomic E-state index is 13.1. The van der Waals surface area contributed by atoms with Crippen molar-refractivity contribution in [2.45, 2.75) is 19.1 Å². The molecule has 0 saturated carbocycles. The smallest absolute Gasteiger partial charge is 0.255 e. The second-order valence-electron chi connectivity index (χ2n) is 6.61. The van der Waals surface area contributed by atoms with Crippen LogP contribution >= 0.6 is 0 Å². The van der Waals surface area contributed by atoms with E-state index in [4.69, 9.17) is 0 Å². The van der Waals surface area contributed by atoms with E-state index in [2.05, 4.69) is 5.32 Å². The van der Waals surface area contributed by atoms with Crippen LogP contribution in [-0.2, 0) is 17.9 Å². The maximum atomic E-state index is 13.1. The molecule has 4 heteroatoms. The van der Waals surface area contributed by atoms with Crippen LogP contribution in [-0.4, -0.2) is 16.7 Å². The minimum absolute atomic E-state index is 0.102. The van der Waals surface area contributed by atoms with Crippen LogP contribution in [0.4, 0.5) is 0 Å². The van der Waals surface area contributed by atoms with E-state index < -0.39 is 6.04 Å². The zero-order valence-electron chi connectivity index (χ0n) is 14.8. The molecular weight excluding hydrogens is 336 g/mol. The summed E-state index contributed by atoms with van der Waals surface area (Å²) in [5, 5.41) is 2.99. The molecule has 0 saturated heterocycles. The second kappa shape index (κ2) is 7.46. The number of nitrogens with one attached hydrogen (secondary N) is 1. The van der Waals surface area contributed by atoms with Crippen molar-refractivity contribution in [1.82, 2.24) is 10.2 Å². The molecular formula is C23H20N2O2. The molecule has 1 aliphatic heterocycles. The third kappa shape index (κ3) is 3.47. The van der Waals surface area contributed by atoms with Crippen molar-refractivity contribution in [2.75, 3.05) is 0 Å². The fourth-order valence-corrected chi connectivity index (χ4v) is 3.48. The van der Waals surface area contributed by atoms with Gasteiger partial charge in [-0.1, -0.05) is 78.9 Å². The van der Waals surface area contributed by atoms with Gasteiger partial charge in [-0.25, -0.2) is 0 Å². The van der Waals surface area contributed by atoms with Gasteiger partial charge in [0, 0.05) is 18.7 Å². The minimum Gasteiger partial charge on any atom is -0.350 e. The summed E-state index contributed by atoms with van der Waals surface area (Å²) >= 11 is 0. The van der Waals surface area contributed by atoms with Crippen molar-refractivity contribution < 1.29 is 9.59 Å². The molecule has 0 radical (unpaired) electrons. The van der Waals surface area contributed by atoms with Crippen LogP contribution in [0.2, 0.25) is 0 Å². The fourth-order valence-electron chi connectivity index (χ4n) is 3.48. The van der Waals surface area contributed by atoms with E-state index in [-0.39, 0.29) is 11.8 Å². The third-order valence-electron chi connectivity index (χ3n) is 4.83. The van der Waals surface area contributed by atoms with Gasteiger partial charge in [0.1, 0.15) is 6.04 Å². The molecule has 4 rings (SSSR count). The number of amides is 2. The normalized spacial score (nSPS) is 13.9. The first-order chi connectivity index (χ1) is 13.2. The number of nitrogens with zero attached hydrogens (tertiary/aromatic N) is 1. The standard InChI is InChI=1S/C23H20N2O2/c26-22(24-15-17-9-3-1-4-10-17)21(18-11-5-2-6-12-18)25-16-19-13-7-8-14-20(19)23(25)27/h1-14,21H,15-16H2,(H,24,26)/t21-/m1/s1. The van der Waals surface area contributed by atoms with Gasteiger partial charge < -0.3 is 10.2 Å². The summed E-state index contributed by atoms with van der Waals surface area (Å²) in [5.41, 5.74) is 3.46. The first-order valence-corrected chi connectivity index (χ1v) is 8.99. The Labute approximate surface area is 158 Å². The van der Waals surface area contributed by atoms with Gasteiger partial charge in [-0.3, -0.25) is 9.59 Å². The van der Waals surface area contributed by atoms with E-state index in [0.717, 1.165) is 16.7 Å². The van der Waals surface area contributed by atoms with Crippen LogP contribution in [0.25, 0.3) is 0 Å². The zero-order chi connectivity index (χ0) is 18.6. The molecule has 3 aromatic rings. The van der Waals surface area contributed by atoms with Gasteiger partial charge >= 0.3 is 0 Å². The summed E-state index contributed by atoms with van der Waals surface area (Å²) in [6, 6.07) is 26.1. The fraction of sp³-hybridized carbons (Fsp3) is 0.130. The van der Waals surface area contributed by atoms with E-state index in [1.807, 2.05) is 84.9 Å². The molecule has 0 fully saturated rings. The number of benzene rings is 3. The molecule has 0 aliphatic carbocycles. The van der Waals surface area contributed by atoms with E-state index in [0.29, 0.717) is 18.7 Å². The quantitative estimate of drug-likeness (QED) is 0.758. The van der Waals surface area contributed by atoms with Crippen molar-refractivity contribution >= 4 is 11.8 Å². The van der Waals surface area contributed by atoms with Crippen molar-refractivity contribution in [3.63, 3.8) is 0 Å². The Morgan fingerprint density at radius 2 is 1.52 bits per heavy atom. The maximum Gasteiger partial charge on any atom is 0.255 e. The van der Waals surface area contributed by atoms with Gasteiger partial charge in [-0.05, 0) is 22.8 Å². The zero-order valence-corrected chi connectivity index (χ0v) is 14.8. The van der Waals surface area contributed by atoms with Crippen molar-refractivity contribution in [2.24, 2.45) is 0 Å². The molecule has 3 aromatic carbocycles. The third-order valence-corrected chi connectivity index (χ3v) is 4.83. The average Bonchev–Trinajstić information content (AvgIpc) is 3.05. The molecule has 0 bridgehead atoms. The molecule has 0 aromatic heterocycles. The van der Waals surface area contributed by atoms with Crippen LogP contribution in [0.3, 0.4) is 0 Å². The summed E-state index contributed by atoms with van der Waals surface area (Å²) in [4.78, 5) is 27.7. The van der Waals surface area contributed by atoms with Gasteiger partial charge in [-0.2, -0.15) is 0 Å². The Bertz CT molecular complexity index is 954. The molecule has 134 valence electrons. The molecule has 1 aliphatic rings. The number of carbonyl (C=O) groups is 2. The topological polar surface area (TPSA) is 49.4 Å². The van der Waals surface area contributed by atoms with Crippen LogP contribution in [0.1, 0.15) is 33.1 Å². The van der Waals surface area contributed by atoms with Crippen LogP contribution in [0, 0.1) is 0 Å². The number of hydrogen-bond acceptors (Lipinski definition) is 2. The van der Waals surface area contributed by atoms with Crippen LogP contribution in [0.15, 0.2) is 84.9 Å². The van der Waals surface area contributed by atoms with Gasteiger partial charge in [0.2, 0.25) is 5.91 Å². The van der Waals surface area contributed by atoms with Gasteiger partial charge in [-0.15, -0.1) is 0 Å². The lowest BCUT2D eigenvalue weighted by atomic mass is 10.0. The Morgan fingerprint density at radius 3 is 2.22 bits per heavy atom. The van der Waals surface area contributed by atoms with Gasteiger partial charge in [0.05, 0.1) is 0 Å². The number of fused-ring (bicyclic) bond motifs is 1. The summed E-state index contributed by atoms with van der Waals surface area (Å²) in [6.45, 7) is 0.866. The highest BCUT2D eigenvalue weighted by atomic mass is 16.2. The van der Waals surface area contributed by atoms with Gasteiger partial charge in [0.25, 0.3) is 5.91 Å². The molecule has 1 atom stereocenters. The molecule has 27 heavy (non-hydrogen) atoms. The summed E-state index contributed by atoms with van der Waals surface area (Å²) in [7, 11) is 0. The van der Waals surface area contributed by atoms with E-state index >= 15 is 0 Å². The second-order valence-corrected chi connectivity index (χ2v) is 6.61. The summed E-state index contributed by atoms with van der Waals surface area (Å²) in [5.74, 6) is -0.277. The first kappa shape index (κ1) is 17.0. The van der Waals surface area contributed by atoms with Crippen molar-refractivity contribution in [1.29, 1.82) is 0 Å². The van der Waals surface area contributed by atoms with E-state index in [1.165, 1.54) is 0 Å². The lowest BCUT2D eigenvalue weighted by Crippen LogP contribution is -2.40. The largest absolute Gasteiger partial charge is 0.350 e. The molecule has 0 spiro atoms. The van der Waals surface area contributed by atoms with Crippen LogP contribution in [0.5, 0.6) is 0 Å². The highest BCUT2D eigenvalue weighted by Crippen LogP contribution is 2.31. The summed E-state index contributed by atoms with van der Waals surface area (Å²) < 4.78 is 0. The number of rotatable bonds is 5. The van der Waals surface area contributed by atoms with Crippen LogP contribution < -0.4 is 5.32 Å². The Kier molecular flexibility index (Phi) is 4.71. The minimum atomic E-state index is -0.658. The predicted octanol–water partition coefficient (Wildman–Crippen LogP) is 3.70. The molecule has 2 amide bonds. The monoisotopic (exact) mass is 356 g/mol. The Balaban J connectivity index is 1.61. The molecule has 4 nitrogen and oxygen atoms in total. The van der Waals surface area contributed by atoms with Crippen molar-refractivity contribution in [3.05, 3.63) is 107 Å². The molecule has 1 N–H and O–H groups in total. The number of carbonyl (C=O) groups excluding carboxylic acids is 2. The predicted molar refractivity (Wildman–Crippen MR) is 104 cm³/mol. The Hall–Kier alpha value is -3.40. The summed E-state index contributed by atoms with van der Waals surface area (Å²) in [6.07, 6.45) is 0. The van der Waals surface area contributed by atoms with Crippen molar-refractivity contribution in [3.8, 4) is 0 Å². The Morgan fingerprint density at radius 1 is 0.889 bits per heavy atom. The highest BCUT2D eigenvalue weighted by molar-refractivity contribution is 6.01. The lowest BCUT2D eigenvalue weighted by Gasteiger charge is -2.27. The first-order valence-electron chi connectivity index (χ1n) is 8.99. The molecule has 1 heterocycles. The van der Waals surface area contributed by atoms with Gasteiger partial charge in [0.15, 0.2) is 0 Å². The average molecular weight is 356 g/mol. The molecule has 0 unspecified atom stereocenters. The number of hydrogen-bond donors (Lipinski definition) is 1. The SMILES string of the molecule is O=C(NCc1ccccc1)[C@@H](c1ccccc1)N1Cc2ccccc2C1=O. The van der Waals surface area contributed by atoms with E-state index in [1.54, 1.807) is 4.90 Å².